The van der Waals surface area contributed by atoms with Crippen LogP contribution < -0.4 is 0 Å². The zero-order chi connectivity index (χ0) is 17.7. The number of nitro groups is 1. The summed E-state index contributed by atoms with van der Waals surface area (Å²) < 4.78 is 0.811. The van der Waals surface area contributed by atoms with E-state index in [0.29, 0.717) is 0 Å². The molecule has 0 aromatic heterocycles. The Labute approximate surface area is 158 Å². The molecule has 0 saturated heterocycles. The van der Waals surface area contributed by atoms with Gasteiger partial charge in [-0.25, -0.2) is 0 Å². The van der Waals surface area contributed by atoms with Gasteiger partial charge in [-0.3, -0.25) is 10.1 Å². The summed E-state index contributed by atoms with van der Waals surface area (Å²) in [5.41, 5.74) is 2.64. The van der Waals surface area contributed by atoms with E-state index in [0.717, 1.165) is 47.6 Å². The molecule has 2 aromatic rings. The van der Waals surface area contributed by atoms with Gasteiger partial charge in [-0.05, 0) is 48.3 Å². The Hall–Kier alpha value is -1.72. The molecule has 25 heavy (non-hydrogen) atoms. The molecule has 0 amide bonds. The maximum Gasteiger partial charge on any atom is 0.254 e. The molecule has 5 heteroatoms. The van der Waals surface area contributed by atoms with Gasteiger partial charge < -0.3 is 0 Å². The number of aryl methyl sites for hydroxylation is 2. The maximum absolute atomic E-state index is 10.8. The average molecular weight is 374 g/mol. The molecule has 0 radical (unpaired) electrons. The molecule has 0 fully saturated rings. The quantitative estimate of drug-likeness (QED) is 0.284. The van der Waals surface area contributed by atoms with Gasteiger partial charge in [-0.1, -0.05) is 60.7 Å². The summed E-state index contributed by atoms with van der Waals surface area (Å²) in [5, 5.41) is 10.8. The van der Waals surface area contributed by atoms with E-state index in [1.165, 1.54) is 11.1 Å². The van der Waals surface area contributed by atoms with E-state index in [4.69, 9.17) is 0 Å². The minimum absolute atomic E-state index is 0.344. The van der Waals surface area contributed by atoms with Crippen molar-refractivity contribution in [3.05, 3.63) is 92.3 Å². The molecule has 2 aromatic carbocycles. The van der Waals surface area contributed by atoms with Gasteiger partial charge in [-0.2, -0.15) is 0 Å². The first kappa shape index (κ1) is 19.6. The summed E-state index contributed by atoms with van der Waals surface area (Å²) in [6.45, 7) is 0. The van der Waals surface area contributed by atoms with Crippen LogP contribution in [0.2, 0.25) is 0 Å². The minimum Gasteiger partial charge on any atom is -0.259 e. The van der Waals surface area contributed by atoms with Gasteiger partial charge in [0, 0.05) is 0 Å². The van der Waals surface area contributed by atoms with E-state index in [2.05, 4.69) is 24.3 Å². The van der Waals surface area contributed by atoms with Crippen LogP contribution in [0.25, 0.3) is 0 Å². The van der Waals surface area contributed by atoms with Gasteiger partial charge in [0.25, 0.3) is 6.20 Å². The largest absolute Gasteiger partial charge is 0.259 e. The number of hydrogen-bond donors (Lipinski definition) is 0. The predicted molar refractivity (Wildman–Crippen MR) is 110 cm³/mol. The van der Waals surface area contributed by atoms with E-state index < -0.39 is 0 Å². The van der Waals surface area contributed by atoms with Crippen molar-refractivity contribution >= 4 is 23.5 Å². The Morgan fingerprint density at radius 3 is 1.68 bits per heavy atom. The lowest BCUT2D eigenvalue weighted by molar-refractivity contribution is -0.402. The summed E-state index contributed by atoms with van der Waals surface area (Å²) in [6.07, 6.45) is 5.22. The first-order valence-corrected chi connectivity index (χ1v) is 10.4. The molecule has 0 aliphatic carbocycles. The van der Waals surface area contributed by atoms with E-state index in [1.807, 2.05) is 36.4 Å². The Balaban J connectivity index is 1.68. The predicted octanol–water partition coefficient (Wildman–Crippen LogP) is 5.79. The van der Waals surface area contributed by atoms with Crippen molar-refractivity contribution in [1.82, 2.24) is 0 Å². The van der Waals surface area contributed by atoms with Crippen LogP contribution in [0.4, 0.5) is 0 Å². The molecular weight excluding hydrogens is 350 g/mol. The van der Waals surface area contributed by atoms with Crippen LogP contribution in [0, 0.1) is 10.1 Å². The van der Waals surface area contributed by atoms with E-state index in [-0.39, 0.29) is 4.92 Å². The zero-order valence-corrected chi connectivity index (χ0v) is 15.8. The van der Waals surface area contributed by atoms with Crippen molar-refractivity contribution in [2.75, 3.05) is 11.5 Å². The molecule has 0 spiro atoms. The summed E-state index contributed by atoms with van der Waals surface area (Å²) >= 11 is 3.20. The fraction of sp³-hybridized carbons (Fsp3) is 0.300. The van der Waals surface area contributed by atoms with E-state index >= 15 is 0 Å². The molecule has 0 heterocycles. The molecule has 0 unspecified atom stereocenters. The molecule has 132 valence electrons. The van der Waals surface area contributed by atoms with E-state index in [9.17, 15) is 10.1 Å². The van der Waals surface area contributed by atoms with Gasteiger partial charge in [0.05, 0.1) is 4.92 Å². The normalized spacial score (nSPS) is 10.4. The van der Waals surface area contributed by atoms with Crippen LogP contribution in [0.5, 0.6) is 0 Å². The first-order chi connectivity index (χ1) is 12.2. The first-order valence-electron chi connectivity index (χ1n) is 8.43. The van der Waals surface area contributed by atoms with Crippen LogP contribution in [0.3, 0.4) is 0 Å². The molecule has 0 bridgehead atoms. The molecule has 0 saturated carbocycles. The molecular formula is C20H23NO2S2. The summed E-state index contributed by atoms with van der Waals surface area (Å²) in [7, 11) is 0. The highest BCUT2D eigenvalue weighted by Gasteiger charge is 2.06. The second kappa shape index (κ2) is 11.8. The fourth-order valence-electron chi connectivity index (χ4n) is 2.39. The van der Waals surface area contributed by atoms with Gasteiger partial charge in [0.2, 0.25) is 0 Å². The second-order valence-corrected chi connectivity index (χ2v) is 8.14. The fourth-order valence-corrected chi connectivity index (χ4v) is 4.52. The summed E-state index contributed by atoms with van der Waals surface area (Å²) in [4.78, 5) is 10.5. The van der Waals surface area contributed by atoms with Gasteiger partial charge in [0.15, 0.2) is 0 Å². The molecule has 0 aliphatic heterocycles. The van der Waals surface area contributed by atoms with Crippen LogP contribution in [0.15, 0.2) is 71.1 Å². The minimum atomic E-state index is -0.344. The standard InChI is InChI=1S/C20H23NO2S2/c22-21(23)17-20(24-15-7-13-18-9-3-1-4-10-18)25-16-8-14-19-11-5-2-6-12-19/h1-6,9-12,17H,7-8,13-16H2. The highest BCUT2D eigenvalue weighted by atomic mass is 32.2. The highest BCUT2D eigenvalue weighted by molar-refractivity contribution is 8.22. The van der Waals surface area contributed by atoms with Crippen molar-refractivity contribution in [1.29, 1.82) is 0 Å². The molecule has 3 nitrogen and oxygen atoms in total. The second-order valence-electron chi connectivity index (χ2n) is 5.61. The lowest BCUT2D eigenvalue weighted by Gasteiger charge is -2.05. The monoisotopic (exact) mass is 373 g/mol. The molecule has 0 aliphatic rings. The lowest BCUT2D eigenvalue weighted by atomic mass is 10.1. The Kier molecular flexibility index (Phi) is 9.23. The maximum atomic E-state index is 10.8. The van der Waals surface area contributed by atoms with Gasteiger partial charge in [-0.15, -0.1) is 23.5 Å². The Bertz CT molecular complexity index is 610. The topological polar surface area (TPSA) is 43.1 Å². The van der Waals surface area contributed by atoms with E-state index in [1.54, 1.807) is 23.5 Å². The Morgan fingerprint density at radius 2 is 1.28 bits per heavy atom. The number of nitrogens with zero attached hydrogens (tertiary/aromatic N) is 1. The average Bonchev–Trinajstić information content (AvgIpc) is 2.63. The van der Waals surface area contributed by atoms with Crippen molar-refractivity contribution in [3.63, 3.8) is 0 Å². The van der Waals surface area contributed by atoms with Crippen molar-refractivity contribution < 1.29 is 4.92 Å². The third-order valence-corrected chi connectivity index (χ3v) is 6.08. The van der Waals surface area contributed by atoms with Crippen LogP contribution in [0.1, 0.15) is 24.0 Å². The summed E-state index contributed by atoms with van der Waals surface area (Å²) in [6, 6.07) is 20.7. The Morgan fingerprint density at radius 1 is 0.840 bits per heavy atom. The lowest BCUT2D eigenvalue weighted by Crippen LogP contribution is -1.92. The number of rotatable bonds is 11. The SMILES string of the molecule is O=[N+]([O-])C=C(SCCCc1ccccc1)SCCCc1ccccc1. The molecule has 0 N–H and O–H groups in total. The summed E-state index contributed by atoms with van der Waals surface area (Å²) in [5.74, 6) is 1.81. The zero-order valence-electron chi connectivity index (χ0n) is 14.2. The highest BCUT2D eigenvalue weighted by Crippen LogP contribution is 2.30. The third-order valence-electron chi connectivity index (χ3n) is 3.60. The number of thioether (sulfide) groups is 2. The van der Waals surface area contributed by atoms with Crippen LogP contribution >= 0.6 is 23.5 Å². The third kappa shape index (κ3) is 8.79. The van der Waals surface area contributed by atoms with Crippen molar-refractivity contribution in [2.45, 2.75) is 25.7 Å². The molecule has 2 rings (SSSR count). The molecule has 0 atom stereocenters. The van der Waals surface area contributed by atoms with Crippen molar-refractivity contribution in [3.8, 4) is 0 Å². The van der Waals surface area contributed by atoms with Crippen molar-refractivity contribution in [2.24, 2.45) is 0 Å². The van der Waals surface area contributed by atoms with Crippen LogP contribution in [-0.2, 0) is 12.8 Å². The smallest absolute Gasteiger partial charge is 0.254 e. The van der Waals surface area contributed by atoms with Gasteiger partial charge >= 0.3 is 0 Å². The number of benzene rings is 2. The van der Waals surface area contributed by atoms with Crippen LogP contribution in [-0.4, -0.2) is 16.4 Å². The number of hydrogen-bond acceptors (Lipinski definition) is 4. The van der Waals surface area contributed by atoms with Gasteiger partial charge in [0.1, 0.15) is 4.24 Å².